The van der Waals surface area contributed by atoms with Crippen molar-refractivity contribution in [1.29, 1.82) is 0 Å². The van der Waals surface area contributed by atoms with Gasteiger partial charge in [0, 0.05) is 25.5 Å². The number of sulfonamides is 1. The van der Waals surface area contributed by atoms with Crippen LogP contribution in [0.15, 0.2) is 22.4 Å². The number of thiazole rings is 1. The number of methoxy groups -OCH3 is 1. The molecule has 126 valence electrons. The molecule has 0 aliphatic rings. The molecule has 1 aromatic heterocycles. The second kappa shape index (κ2) is 7.53. The van der Waals surface area contributed by atoms with Gasteiger partial charge in [0.25, 0.3) is 0 Å². The first-order valence-electron chi connectivity index (χ1n) is 7.33. The molecule has 0 aliphatic carbocycles. The van der Waals surface area contributed by atoms with E-state index in [1.54, 1.807) is 7.11 Å². The Bertz CT molecular complexity index is 759. The number of rotatable bonds is 7. The molecule has 0 amide bonds. The van der Waals surface area contributed by atoms with Gasteiger partial charge >= 0.3 is 0 Å². The highest BCUT2D eigenvalue weighted by atomic mass is 32.2. The van der Waals surface area contributed by atoms with Gasteiger partial charge in [-0.1, -0.05) is 17.7 Å². The first-order chi connectivity index (χ1) is 10.8. The molecule has 0 aliphatic heterocycles. The van der Waals surface area contributed by atoms with Crippen molar-refractivity contribution in [3.63, 3.8) is 0 Å². The van der Waals surface area contributed by atoms with Crippen molar-refractivity contribution in [3.8, 4) is 0 Å². The van der Waals surface area contributed by atoms with Crippen molar-refractivity contribution in [3.05, 3.63) is 44.9 Å². The van der Waals surface area contributed by atoms with Crippen LogP contribution in [0.1, 0.15) is 27.4 Å². The predicted octanol–water partition coefficient (Wildman–Crippen LogP) is 2.74. The van der Waals surface area contributed by atoms with Gasteiger partial charge in [-0.05, 0) is 31.9 Å². The van der Waals surface area contributed by atoms with Gasteiger partial charge in [0.2, 0.25) is 10.0 Å². The van der Waals surface area contributed by atoms with Crippen LogP contribution in [0.5, 0.6) is 0 Å². The summed E-state index contributed by atoms with van der Waals surface area (Å²) in [6.07, 6.45) is 0.559. The van der Waals surface area contributed by atoms with Crippen LogP contribution in [-0.4, -0.2) is 27.1 Å². The number of benzene rings is 1. The van der Waals surface area contributed by atoms with Gasteiger partial charge in [-0.3, -0.25) is 0 Å². The Morgan fingerprint density at radius 2 is 1.87 bits per heavy atom. The van der Waals surface area contributed by atoms with Crippen LogP contribution in [0, 0.1) is 20.8 Å². The molecule has 0 radical (unpaired) electrons. The summed E-state index contributed by atoms with van der Waals surface area (Å²) < 4.78 is 32.8. The summed E-state index contributed by atoms with van der Waals surface area (Å²) >= 11 is 1.52. The molecule has 2 aromatic rings. The van der Waals surface area contributed by atoms with E-state index in [2.05, 4.69) is 9.71 Å². The van der Waals surface area contributed by atoms with E-state index >= 15 is 0 Å². The summed E-state index contributed by atoms with van der Waals surface area (Å²) in [6.45, 7) is 6.42. The van der Waals surface area contributed by atoms with Crippen LogP contribution in [-0.2, 0) is 27.8 Å². The normalized spacial score (nSPS) is 11.8. The van der Waals surface area contributed by atoms with E-state index in [1.807, 2.05) is 38.3 Å². The fraction of sp³-hybridized carbons (Fsp3) is 0.438. The van der Waals surface area contributed by atoms with Gasteiger partial charge in [0.05, 0.1) is 17.2 Å². The molecule has 0 unspecified atom stereocenters. The van der Waals surface area contributed by atoms with Crippen molar-refractivity contribution >= 4 is 21.4 Å². The SMILES string of the molecule is COCc1nc(CCNS(=O)(=O)c2c(C)cc(C)cc2C)cs1. The predicted molar refractivity (Wildman–Crippen MR) is 92.4 cm³/mol. The van der Waals surface area contributed by atoms with Crippen molar-refractivity contribution in [2.24, 2.45) is 0 Å². The largest absolute Gasteiger partial charge is 0.378 e. The average Bonchev–Trinajstić information content (AvgIpc) is 2.85. The lowest BCUT2D eigenvalue weighted by molar-refractivity contribution is 0.184. The maximum absolute atomic E-state index is 12.5. The number of nitrogens with one attached hydrogen (secondary N) is 1. The molecule has 1 N–H and O–H groups in total. The van der Waals surface area contributed by atoms with E-state index in [-0.39, 0.29) is 0 Å². The Hall–Kier alpha value is -1.28. The van der Waals surface area contributed by atoms with E-state index in [9.17, 15) is 8.42 Å². The standard InChI is InChI=1S/C16H22N2O3S2/c1-11-7-12(2)16(13(3)8-11)23(19,20)17-6-5-14-10-22-15(18-14)9-21-4/h7-8,10,17H,5-6,9H2,1-4H3. The Labute approximate surface area is 141 Å². The van der Waals surface area contributed by atoms with Crippen LogP contribution in [0.3, 0.4) is 0 Å². The van der Waals surface area contributed by atoms with Crippen LogP contribution in [0.2, 0.25) is 0 Å². The molecule has 0 bridgehead atoms. The minimum absolute atomic E-state index is 0.325. The minimum atomic E-state index is -3.51. The zero-order chi connectivity index (χ0) is 17.0. The van der Waals surface area contributed by atoms with Gasteiger partial charge in [-0.15, -0.1) is 11.3 Å². The molecule has 0 fully saturated rings. The highest BCUT2D eigenvalue weighted by Gasteiger charge is 2.19. The van der Waals surface area contributed by atoms with E-state index in [1.165, 1.54) is 11.3 Å². The number of ether oxygens (including phenoxy) is 1. The number of hydrogen-bond donors (Lipinski definition) is 1. The summed E-state index contributed by atoms with van der Waals surface area (Å²) in [7, 11) is -1.88. The lowest BCUT2D eigenvalue weighted by Gasteiger charge is -2.12. The summed E-state index contributed by atoms with van der Waals surface area (Å²) in [5, 5.41) is 2.83. The highest BCUT2D eigenvalue weighted by Crippen LogP contribution is 2.21. The zero-order valence-electron chi connectivity index (χ0n) is 13.8. The van der Waals surface area contributed by atoms with E-state index in [0.717, 1.165) is 27.4 Å². The monoisotopic (exact) mass is 354 g/mol. The van der Waals surface area contributed by atoms with Gasteiger partial charge in [-0.2, -0.15) is 0 Å². The molecule has 5 nitrogen and oxygen atoms in total. The van der Waals surface area contributed by atoms with Crippen LogP contribution < -0.4 is 4.72 Å². The summed E-state index contributed by atoms with van der Waals surface area (Å²) in [6, 6.07) is 3.78. The zero-order valence-corrected chi connectivity index (χ0v) is 15.5. The first-order valence-corrected chi connectivity index (χ1v) is 9.69. The van der Waals surface area contributed by atoms with Crippen molar-refractivity contribution in [2.45, 2.75) is 38.7 Å². The molecule has 2 rings (SSSR count). The smallest absolute Gasteiger partial charge is 0.241 e. The number of aryl methyl sites for hydroxylation is 3. The Morgan fingerprint density at radius 1 is 1.22 bits per heavy atom. The van der Waals surface area contributed by atoms with E-state index < -0.39 is 10.0 Å². The average molecular weight is 354 g/mol. The second-order valence-corrected chi connectivity index (χ2v) is 8.19. The number of nitrogens with zero attached hydrogens (tertiary/aromatic N) is 1. The fourth-order valence-corrected chi connectivity index (χ4v) is 4.91. The van der Waals surface area contributed by atoms with Crippen LogP contribution in [0.4, 0.5) is 0 Å². The maximum atomic E-state index is 12.5. The summed E-state index contributed by atoms with van der Waals surface area (Å²) in [5.74, 6) is 0. The third-order valence-corrected chi connectivity index (χ3v) is 6.05. The second-order valence-electron chi connectivity index (χ2n) is 5.54. The van der Waals surface area contributed by atoms with Crippen molar-refractivity contribution in [1.82, 2.24) is 9.71 Å². The Balaban J connectivity index is 2.04. The number of aromatic nitrogens is 1. The Kier molecular flexibility index (Phi) is 5.91. The molecule has 0 spiro atoms. The van der Waals surface area contributed by atoms with Crippen LogP contribution >= 0.6 is 11.3 Å². The molecule has 1 heterocycles. The molecular weight excluding hydrogens is 332 g/mol. The number of hydrogen-bond acceptors (Lipinski definition) is 5. The topological polar surface area (TPSA) is 68.3 Å². The van der Waals surface area contributed by atoms with Gasteiger partial charge in [0.15, 0.2) is 0 Å². The molecule has 7 heteroatoms. The molecular formula is C16H22N2O3S2. The van der Waals surface area contributed by atoms with Crippen molar-refractivity contribution in [2.75, 3.05) is 13.7 Å². The van der Waals surface area contributed by atoms with E-state index in [4.69, 9.17) is 4.74 Å². The molecule has 0 saturated carbocycles. The van der Waals surface area contributed by atoms with E-state index in [0.29, 0.717) is 24.5 Å². The summed E-state index contributed by atoms with van der Waals surface area (Å²) in [4.78, 5) is 4.77. The molecule has 0 atom stereocenters. The van der Waals surface area contributed by atoms with Crippen molar-refractivity contribution < 1.29 is 13.2 Å². The van der Waals surface area contributed by atoms with Crippen LogP contribution in [0.25, 0.3) is 0 Å². The lowest BCUT2D eigenvalue weighted by Crippen LogP contribution is -2.27. The minimum Gasteiger partial charge on any atom is -0.378 e. The van der Waals surface area contributed by atoms with Gasteiger partial charge in [0.1, 0.15) is 5.01 Å². The lowest BCUT2D eigenvalue weighted by atomic mass is 10.1. The van der Waals surface area contributed by atoms with Gasteiger partial charge in [-0.25, -0.2) is 18.1 Å². The highest BCUT2D eigenvalue weighted by molar-refractivity contribution is 7.89. The third kappa shape index (κ3) is 4.60. The van der Waals surface area contributed by atoms with Gasteiger partial charge < -0.3 is 4.74 Å². The summed E-state index contributed by atoms with van der Waals surface area (Å²) in [5.41, 5.74) is 3.48. The maximum Gasteiger partial charge on any atom is 0.241 e. The molecule has 1 aromatic carbocycles. The Morgan fingerprint density at radius 3 is 2.48 bits per heavy atom. The molecule has 23 heavy (non-hydrogen) atoms. The third-order valence-electron chi connectivity index (χ3n) is 3.41. The fourth-order valence-electron chi connectivity index (χ4n) is 2.63. The first kappa shape index (κ1) is 18.1. The quantitative estimate of drug-likeness (QED) is 0.830. The molecule has 0 saturated heterocycles.